The Morgan fingerprint density at radius 3 is 2.89 bits per heavy atom. The maximum atomic E-state index is 12.0. The molecule has 6 heteroatoms. The Morgan fingerprint density at radius 2 is 2.33 bits per heavy atom. The van der Waals surface area contributed by atoms with Crippen molar-refractivity contribution >= 4 is 11.7 Å². The summed E-state index contributed by atoms with van der Waals surface area (Å²) in [6, 6.07) is 1.48. The van der Waals surface area contributed by atoms with Gasteiger partial charge in [0.25, 0.3) is 0 Å². The minimum Gasteiger partial charge on any atom is -0.373 e. The molecule has 2 unspecified atom stereocenters. The smallest absolute Gasteiger partial charge is 0.319 e. The molecule has 1 saturated carbocycles. The number of carbonyl (C=O) groups is 1. The fourth-order valence-corrected chi connectivity index (χ4v) is 2.74. The van der Waals surface area contributed by atoms with Crippen molar-refractivity contribution in [2.24, 2.45) is 5.92 Å². The predicted molar refractivity (Wildman–Crippen MR) is 65.1 cm³/mol. The molecule has 2 fully saturated rings. The monoisotopic (exact) mass is 248 g/mol. The van der Waals surface area contributed by atoms with Crippen LogP contribution in [0.5, 0.6) is 0 Å². The number of amides is 2. The van der Waals surface area contributed by atoms with Crippen LogP contribution in [0.15, 0.2) is 18.5 Å². The third-order valence-electron chi connectivity index (χ3n) is 4.00. The zero-order valence-corrected chi connectivity index (χ0v) is 10.4. The Hall–Kier alpha value is -1.69. The highest BCUT2D eigenvalue weighted by molar-refractivity contribution is 5.90. The van der Waals surface area contributed by atoms with E-state index >= 15 is 0 Å². The first-order valence-corrected chi connectivity index (χ1v) is 6.03. The third-order valence-corrected chi connectivity index (χ3v) is 4.00. The normalized spacial score (nSPS) is 31.6. The van der Waals surface area contributed by atoms with E-state index < -0.39 is 0 Å². The lowest BCUT2D eigenvalue weighted by molar-refractivity contribution is -0.00667. The minimum atomic E-state index is -0.300. The predicted octanol–water partition coefficient (Wildman–Crippen LogP) is 1.17. The standard InChI is InChI=1S/C12H16N4O2/c1-11(2)12(5-8(12)7-18-11)16-10(17)15-9-3-4-13-14-6-9/h3-4,6,8H,5,7H2,1-2H3,(H2,13,15,16,17). The van der Waals surface area contributed by atoms with Gasteiger partial charge in [-0.25, -0.2) is 4.79 Å². The van der Waals surface area contributed by atoms with E-state index in [0.717, 1.165) is 13.0 Å². The third kappa shape index (κ3) is 1.64. The summed E-state index contributed by atoms with van der Waals surface area (Å²) in [7, 11) is 0. The van der Waals surface area contributed by atoms with Gasteiger partial charge in [0.2, 0.25) is 0 Å². The maximum Gasteiger partial charge on any atom is 0.319 e. The zero-order chi connectivity index (χ0) is 12.8. The van der Waals surface area contributed by atoms with E-state index in [1.54, 1.807) is 6.07 Å². The molecule has 2 amide bonds. The van der Waals surface area contributed by atoms with Crippen LogP contribution in [0, 0.1) is 5.92 Å². The Kier molecular flexibility index (Phi) is 2.31. The summed E-state index contributed by atoms with van der Waals surface area (Å²) in [6.07, 6.45) is 4.04. The Balaban J connectivity index is 1.66. The molecule has 2 aliphatic rings. The summed E-state index contributed by atoms with van der Waals surface area (Å²) < 4.78 is 5.69. The fraction of sp³-hybridized carbons (Fsp3) is 0.583. The van der Waals surface area contributed by atoms with Gasteiger partial charge in [-0.05, 0) is 26.3 Å². The van der Waals surface area contributed by atoms with Crippen LogP contribution in [0.1, 0.15) is 20.3 Å². The van der Waals surface area contributed by atoms with Crippen molar-refractivity contribution < 1.29 is 9.53 Å². The van der Waals surface area contributed by atoms with Crippen molar-refractivity contribution in [3.63, 3.8) is 0 Å². The molecule has 2 atom stereocenters. The highest BCUT2D eigenvalue weighted by Crippen LogP contribution is 2.57. The first kappa shape index (κ1) is 11.4. The Morgan fingerprint density at radius 1 is 1.50 bits per heavy atom. The second-order valence-corrected chi connectivity index (χ2v) is 5.40. The van der Waals surface area contributed by atoms with Crippen molar-refractivity contribution in [3.05, 3.63) is 18.5 Å². The zero-order valence-electron chi connectivity index (χ0n) is 10.4. The van der Waals surface area contributed by atoms with Gasteiger partial charge in [0.05, 0.1) is 35.8 Å². The molecule has 18 heavy (non-hydrogen) atoms. The SMILES string of the molecule is CC1(C)OCC2CC21NC(=O)Nc1ccnnc1. The molecule has 0 bridgehead atoms. The summed E-state index contributed by atoms with van der Waals surface area (Å²) in [4.78, 5) is 12.0. The molecule has 1 saturated heterocycles. The number of fused-ring (bicyclic) bond motifs is 1. The number of nitrogens with one attached hydrogen (secondary N) is 2. The van der Waals surface area contributed by atoms with Crippen LogP contribution in [-0.2, 0) is 4.74 Å². The molecule has 0 aromatic carbocycles. The average Bonchev–Trinajstić information content (AvgIpc) is 2.97. The molecule has 0 spiro atoms. The Labute approximate surface area is 105 Å². The van der Waals surface area contributed by atoms with Crippen molar-refractivity contribution in [2.45, 2.75) is 31.4 Å². The molecule has 2 heterocycles. The van der Waals surface area contributed by atoms with Gasteiger partial charge < -0.3 is 15.4 Å². The molecule has 1 aliphatic heterocycles. The Bertz CT molecular complexity index is 476. The molecule has 1 aromatic heterocycles. The molecular weight excluding hydrogens is 232 g/mol. The second-order valence-electron chi connectivity index (χ2n) is 5.40. The van der Waals surface area contributed by atoms with E-state index in [0.29, 0.717) is 11.6 Å². The topological polar surface area (TPSA) is 76.1 Å². The van der Waals surface area contributed by atoms with Crippen LogP contribution in [-0.4, -0.2) is 34.0 Å². The minimum absolute atomic E-state index is 0.211. The van der Waals surface area contributed by atoms with Crippen molar-refractivity contribution in [1.82, 2.24) is 15.5 Å². The van der Waals surface area contributed by atoms with E-state index in [2.05, 4.69) is 20.8 Å². The lowest BCUT2D eigenvalue weighted by Gasteiger charge is -2.31. The average molecular weight is 248 g/mol. The molecule has 96 valence electrons. The molecule has 2 N–H and O–H groups in total. The van der Waals surface area contributed by atoms with Crippen LogP contribution in [0.25, 0.3) is 0 Å². The molecule has 1 aromatic rings. The fourth-order valence-electron chi connectivity index (χ4n) is 2.74. The van der Waals surface area contributed by atoms with Gasteiger partial charge in [0.1, 0.15) is 0 Å². The highest BCUT2D eigenvalue weighted by Gasteiger charge is 2.69. The quantitative estimate of drug-likeness (QED) is 0.823. The van der Waals surface area contributed by atoms with Crippen molar-refractivity contribution in [2.75, 3.05) is 11.9 Å². The summed E-state index contributed by atoms with van der Waals surface area (Å²) in [5, 5.41) is 13.2. The van der Waals surface area contributed by atoms with Gasteiger partial charge in [-0.3, -0.25) is 0 Å². The number of rotatable bonds is 2. The number of hydrogen-bond acceptors (Lipinski definition) is 4. The number of hydrogen-bond donors (Lipinski definition) is 2. The molecular formula is C12H16N4O2. The van der Waals surface area contributed by atoms with Crippen LogP contribution in [0.2, 0.25) is 0 Å². The number of nitrogens with zero attached hydrogens (tertiary/aromatic N) is 2. The first-order chi connectivity index (χ1) is 8.53. The van der Waals surface area contributed by atoms with E-state index in [1.165, 1.54) is 12.4 Å². The van der Waals surface area contributed by atoms with E-state index in [-0.39, 0.29) is 17.2 Å². The summed E-state index contributed by atoms with van der Waals surface area (Å²) >= 11 is 0. The lowest BCUT2D eigenvalue weighted by Crippen LogP contribution is -2.52. The first-order valence-electron chi connectivity index (χ1n) is 6.03. The number of carbonyl (C=O) groups excluding carboxylic acids is 1. The van der Waals surface area contributed by atoms with Crippen LogP contribution >= 0.6 is 0 Å². The van der Waals surface area contributed by atoms with Crippen LogP contribution < -0.4 is 10.6 Å². The molecule has 3 rings (SSSR count). The number of aromatic nitrogens is 2. The van der Waals surface area contributed by atoms with Gasteiger partial charge in [-0.1, -0.05) is 0 Å². The summed E-state index contributed by atoms with van der Waals surface area (Å²) in [5.41, 5.74) is 0.121. The van der Waals surface area contributed by atoms with Gasteiger partial charge in [-0.15, -0.1) is 0 Å². The summed E-state index contributed by atoms with van der Waals surface area (Å²) in [5.74, 6) is 0.439. The number of ether oxygens (including phenoxy) is 1. The largest absolute Gasteiger partial charge is 0.373 e. The van der Waals surface area contributed by atoms with Crippen molar-refractivity contribution in [1.29, 1.82) is 0 Å². The lowest BCUT2D eigenvalue weighted by atomic mass is 9.96. The van der Waals surface area contributed by atoms with Gasteiger partial charge in [0, 0.05) is 5.92 Å². The second kappa shape index (κ2) is 3.65. The molecule has 0 radical (unpaired) electrons. The van der Waals surface area contributed by atoms with Crippen molar-refractivity contribution in [3.8, 4) is 0 Å². The maximum absolute atomic E-state index is 12.0. The van der Waals surface area contributed by atoms with E-state index in [4.69, 9.17) is 4.74 Å². The van der Waals surface area contributed by atoms with Gasteiger partial charge in [-0.2, -0.15) is 10.2 Å². The molecule has 1 aliphatic carbocycles. The van der Waals surface area contributed by atoms with E-state index in [1.807, 2.05) is 13.8 Å². The van der Waals surface area contributed by atoms with E-state index in [9.17, 15) is 4.79 Å². The summed E-state index contributed by atoms with van der Waals surface area (Å²) in [6.45, 7) is 4.77. The highest BCUT2D eigenvalue weighted by atomic mass is 16.5. The van der Waals surface area contributed by atoms with Gasteiger partial charge in [0.15, 0.2) is 0 Å². The van der Waals surface area contributed by atoms with Gasteiger partial charge >= 0.3 is 6.03 Å². The van der Waals surface area contributed by atoms with Crippen LogP contribution in [0.4, 0.5) is 10.5 Å². The number of urea groups is 1. The van der Waals surface area contributed by atoms with Crippen LogP contribution in [0.3, 0.4) is 0 Å². The number of anilines is 1. The molecule has 6 nitrogen and oxygen atoms in total.